The van der Waals surface area contributed by atoms with Crippen LogP contribution in [0.4, 0.5) is 8.78 Å². The van der Waals surface area contributed by atoms with Crippen molar-refractivity contribution in [1.29, 1.82) is 0 Å². The predicted molar refractivity (Wildman–Crippen MR) is 73.6 cm³/mol. The number of rotatable bonds is 4. The number of nitrogens with two attached hydrogens (primary N) is 1. The molecule has 0 aromatic heterocycles. The van der Waals surface area contributed by atoms with E-state index in [1.165, 1.54) is 0 Å². The lowest BCUT2D eigenvalue weighted by Crippen LogP contribution is -2.46. The van der Waals surface area contributed by atoms with E-state index in [1.54, 1.807) is 0 Å². The number of nitrogens with one attached hydrogen (secondary N) is 1. The largest absolute Gasteiger partial charge is 0.352 e. The van der Waals surface area contributed by atoms with Gasteiger partial charge < -0.3 is 11.1 Å². The molecule has 2 rings (SSSR count). The number of alkyl halides is 2. The first-order valence-corrected chi connectivity index (χ1v) is 7.58. The average Bonchev–Trinajstić information content (AvgIpc) is 2.42. The molecule has 0 atom stereocenters. The molecule has 2 aliphatic rings. The van der Waals surface area contributed by atoms with Gasteiger partial charge in [-0.25, -0.2) is 8.78 Å². The van der Waals surface area contributed by atoms with Gasteiger partial charge in [0.15, 0.2) is 0 Å². The van der Waals surface area contributed by atoms with Crippen molar-refractivity contribution in [2.45, 2.75) is 50.5 Å². The van der Waals surface area contributed by atoms with Gasteiger partial charge in [-0.1, -0.05) is 0 Å². The SMILES string of the molecule is NCC1CCN(CC(=O)NC2CCC(F)(F)CC2)CC1. The predicted octanol–water partition coefficient (Wildman–Crippen LogP) is 1.35. The average molecular weight is 289 g/mol. The molecule has 2 fully saturated rings. The summed E-state index contributed by atoms with van der Waals surface area (Å²) in [7, 11) is 0. The van der Waals surface area contributed by atoms with Gasteiger partial charge in [0.05, 0.1) is 6.54 Å². The summed E-state index contributed by atoms with van der Waals surface area (Å²) in [6, 6.07) is -0.0799. The van der Waals surface area contributed by atoms with Crippen LogP contribution in [0.3, 0.4) is 0 Å². The van der Waals surface area contributed by atoms with E-state index in [9.17, 15) is 13.6 Å². The Labute approximate surface area is 119 Å². The van der Waals surface area contributed by atoms with Crippen molar-refractivity contribution in [3.8, 4) is 0 Å². The standard InChI is InChI=1S/C14H25F2N3O/c15-14(16)5-1-12(2-6-14)18-13(20)10-19-7-3-11(9-17)4-8-19/h11-12H,1-10,17H2,(H,18,20). The molecule has 0 radical (unpaired) electrons. The minimum absolute atomic E-state index is 0.0357. The van der Waals surface area contributed by atoms with E-state index in [0.29, 0.717) is 25.3 Å². The Bertz CT molecular complexity index is 320. The van der Waals surface area contributed by atoms with E-state index in [1.807, 2.05) is 0 Å². The van der Waals surface area contributed by atoms with Crippen molar-refractivity contribution in [3.63, 3.8) is 0 Å². The van der Waals surface area contributed by atoms with Gasteiger partial charge in [0.1, 0.15) is 0 Å². The molecular weight excluding hydrogens is 264 g/mol. The lowest BCUT2D eigenvalue weighted by molar-refractivity contribution is -0.124. The zero-order valence-corrected chi connectivity index (χ0v) is 11.9. The van der Waals surface area contributed by atoms with E-state index in [2.05, 4.69) is 10.2 Å². The molecule has 0 bridgehead atoms. The van der Waals surface area contributed by atoms with Gasteiger partial charge in [0, 0.05) is 18.9 Å². The minimum atomic E-state index is -2.54. The van der Waals surface area contributed by atoms with Crippen LogP contribution < -0.4 is 11.1 Å². The Hall–Kier alpha value is -0.750. The van der Waals surface area contributed by atoms with Gasteiger partial charge in [-0.2, -0.15) is 0 Å². The molecule has 1 amide bonds. The topological polar surface area (TPSA) is 58.4 Å². The van der Waals surface area contributed by atoms with Gasteiger partial charge in [0.25, 0.3) is 0 Å². The number of amides is 1. The number of hydrogen-bond acceptors (Lipinski definition) is 3. The number of nitrogens with zero attached hydrogens (tertiary/aromatic N) is 1. The summed E-state index contributed by atoms with van der Waals surface area (Å²) in [6.45, 7) is 2.90. The molecule has 116 valence electrons. The molecule has 0 aromatic carbocycles. The van der Waals surface area contributed by atoms with E-state index >= 15 is 0 Å². The summed E-state index contributed by atoms with van der Waals surface area (Å²) in [5.41, 5.74) is 5.64. The number of carbonyl (C=O) groups excluding carboxylic acids is 1. The Morgan fingerprint density at radius 3 is 2.35 bits per heavy atom. The maximum Gasteiger partial charge on any atom is 0.248 e. The van der Waals surface area contributed by atoms with Crippen LogP contribution in [-0.2, 0) is 4.79 Å². The Kier molecular flexibility index (Phi) is 5.32. The molecule has 1 aliphatic carbocycles. The monoisotopic (exact) mass is 289 g/mol. The molecule has 1 saturated heterocycles. The highest BCUT2D eigenvalue weighted by Crippen LogP contribution is 2.32. The molecule has 1 saturated carbocycles. The molecule has 1 aliphatic heterocycles. The first-order valence-electron chi connectivity index (χ1n) is 7.58. The third kappa shape index (κ3) is 4.66. The van der Waals surface area contributed by atoms with Crippen LogP contribution in [0.2, 0.25) is 0 Å². The van der Waals surface area contributed by atoms with Crippen molar-refractivity contribution >= 4 is 5.91 Å². The Morgan fingerprint density at radius 2 is 1.80 bits per heavy atom. The molecule has 0 spiro atoms. The number of halogens is 2. The highest BCUT2D eigenvalue weighted by molar-refractivity contribution is 5.78. The number of carbonyl (C=O) groups is 1. The van der Waals surface area contributed by atoms with Crippen molar-refractivity contribution < 1.29 is 13.6 Å². The van der Waals surface area contributed by atoms with Crippen LogP contribution in [0.15, 0.2) is 0 Å². The lowest BCUT2D eigenvalue weighted by Gasteiger charge is -2.32. The van der Waals surface area contributed by atoms with E-state index in [-0.39, 0.29) is 24.8 Å². The summed E-state index contributed by atoms with van der Waals surface area (Å²) < 4.78 is 26.1. The minimum Gasteiger partial charge on any atom is -0.352 e. The van der Waals surface area contributed by atoms with Crippen LogP contribution in [0.25, 0.3) is 0 Å². The molecule has 3 N–H and O–H groups in total. The molecule has 6 heteroatoms. The fraction of sp³-hybridized carbons (Fsp3) is 0.929. The van der Waals surface area contributed by atoms with Crippen molar-refractivity contribution in [3.05, 3.63) is 0 Å². The maximum absolute atomic E-state index is 13.0. The summed E-state index contributed by atoms with van der Waals surface area (Å²) in [5.74, 6) is -1.99. The molecular formula is C14H25F2N3O. The zero-order chi connectivity index (χ0) is 14.6. The van der Waals surface area contributed by atoms with Gasteiger partial charge in [-0.15, -0.1) is 0 Å². The van der Waals surface area contributed by atoms with Gasteiger partial charge in [0.2, 0.25) is 11.8 Å². The first-order chi connectivity index (χ1) is 9.48. The van der Waals surface area contributed by atoms with Crippen LogP contribution in [0, 0.1) is 5.92 Å². The second-order valence-electron chi connectivity index (χ2n) is 6.15. The number of likely N-dealkylation sites (tertiary alicyclic amines) is 1. The van der Waals surface area contributed by atoms with Gasteiger partial charge in [-0.3, -0.25) is 9.69 Å². The Balaban J connectivity index is 1.66. The molecule has 20 heavy (non-hydrogen) atoms. The zero-order valence-electron chi connectivity index (χ0n) is 11.9. The van der Waals surface area contributed by atoms with Crippen LogP contribution in [0.5, 0.6) is 0 Å². The highest BCUT2D eigenvalue weighted by Gasteiger charge is 2.35. The lowest BCUT2D eigenvalue weighted by atomic mass is 9.92. The molecule has 0 unspecified atom stereocenters. The fourth-order valence-electron chi connectivity index (χ4n) is 3.04. The fourth-order valence-corrected chi connectivity index (χ4v) is 3.04. The molecule has 1 heterocycles. The number of piperidine rings is 1. The second-order valence-corrected chi connectivity index (χ2v) is 6.15. The Morgan fingerprint density at radius 1 is 1.20 bits per heavy atom. The summed E-state index contributed by atoms with van der Waals surface area (Å²) in [4.78, 5) is 14.1. The third-order valence-corrected chi connectivity index (χ3v) is 4.49. The summed E-state index contributed by atoms with van der Waals surface area (Å²) >= 11 is 0. The highest BCUT2D eigenvalue weighted by atomic mass is 19.3. The number of hydrogen-bond donors (Lipinski definition) is 2. The normalized spacial score (nSPS) is 25.6. The van der Waals surface area contributed by atoms with E-state index < -0.39 is 5.92 Å². The van der Waals surface area contributed by atoms with Gasteiger partial charge in [-0.05, 0) is 51.2 Å². The maximum atomic E-state index is 13.0. The summed E-state index contributed by atoms with van der Waals surface area (Å²) in [5, 5.41) is 2.89. The van der Waals surface area contributed by atoms with Gasteiger partial charge >= 0.3 is 0 Å². The first kappa shape index (κ1) is 15.6. The smallest absolute Gasteiger partial charge is 0.248 e. The van der Waals surface area contributed by atoms with E-state index in [4.69, 9.17) is 5.73 Å². The van der Waals surface area contributed by atoms with Crippen LogP contribution in [0.1, 0.15) is 38.5 Å². The van der Waals surface area contributed by atoms with Crippen molar-refractivity contribution in [2.75, 3.05) is 26.2 Å². The second kappa shape index (κ2) is 6.80. The third-order valence-electron chi connectivity index (χ3n) is 4.49. The molecule has 0 aromatic rings. The molecule has 4 nitrogen and oxygen atoms in total. The summed E-state index contributed by atoms with van der Waals surface area (Å²) in [6.07, 6.45) is 2.63. The van der Waals surface area contributed by atoms with E-state index in [0.717, 1.165) is 32.5 Å². The van der Waals surface area contributed by atoms with Crippen LogP contribution in [-0.4, -0.2) is 49.0 Å². The van der Waals surface area contributed by atoms with Crippen molar-refractivity contribution in [2.24, 2.45) is 11.7 Å². The van der Waals surface area contributed by atoms with Crippen LogP contribution >= 0.6 is 0 Å². The van der Waals surface area contributed by atoms with Crippen molar-refractivity contribution in [1.82, 2.24) is 10.2 Å². The quantitative estimate of drug-likeness (QED) is 0.821.